The second-order valence-corrected chi connectivity index (χ2v) is 5.11. The molecule has 2 heteroatoms. The molecule has 1 amide bonds. The Morgan fingerprint density at radius 2 is 1.93 bits per heavy atom. The van der Waals surface area contributed by atoms with Crippen molar-refractivity contribution in [1.82, 2.24) is 5.32 Å². The molecular weight excluding hydrogens is 174 g/mol. The molecule has 82 valence electrons. The molecular formula is C12H23NO. The van der Waals surface area contributed by atoms with E-state index in [4.69, 9.17) is 0 Å². The highest BCUT2D eigenvalue weighted by Gasteiger charge is 2.30. The van der Waals surface area contributed by atoms with Crippen molar-refractivity contribution in [3.05, 3.63) is 12.7 Å². The van der Waals surface area contributed by atoms with Gasteiger partial charge in [-0.05, 0) is 25.7 Å². The molecule has 1 N–H and O–H groups in total. The van der Waals surface area contributed by atoms with E-state index < -0.39 is 0 Å². The number of rotatable bonds is 4. The van der Waals surface area contributed by atoms with E-state index in [-0.39, 0.29) is 23.3 Å². The maximum atomic E-state index is 11.8. The van der Waals surface area contributed by atoms with Crippen molar-refractivity contribution >= 4 is 5.91 Å². The predicted octanol–water partition coefficient (Wildman–Crippen LogP) is 2.75. The number of carbonyl (C=O) groups is 1. The van der Waals surface area contributed by atoms with E-state index in [1.54, 1.807) is 0 Å². The van der Waals surface area contributed by atoms with E-state index >= 15 is 0 Å². The van der Waals surface area contributed by atoms with Gasteiger partial charge in [0.25, 0.3) is 0 Å². The zero-order chi connectivity index (χ0) is 11.4. The molecule has 0 bridgehead atoms. The van der Waals surface area contributed by atoms with E-state index in [1.807, 2.05) is 19.9 Å². The van der Waals surface area contributed by atoms with Crippen LogP contribution in [0.1, 0.15) is 41.0 Å². The Morgan fingerprint density at radius 1 is 1.43 bits per heavy atom. The molecule has 0 heterocycles. The Hall–Kier alpha value is -0.790. The van der Waals surface area contributed by atoms with Gasteiger partial charge in [-0.1, -0.05) is 26.8 Å². The summed E-state index contributed by atoms with van der Waals surface area (Å²) in [5, 5.41) is 2.95. The summed E-state index contributed by atoms with van der Waals surface area (Å²) in [5.41, 5.74) is -0.00678. The van der Waals surface area contributed by atoms with Gasteiger partial charge in [-0.25, -0.2) is 0 Å². The van der Waals surface area contributed by atoms with E-state index in [2.05, 4.69) is 32.7 Å². The smallest absolute Gasteiger partial charge is 0.224 e. The minimum atomic E-state index is -0.00678. The molecule has 0 rings (SSSR count). The average Bonchev–Trinajstić information content (AvgIpc) is 1.96. The standard InChI is InChI=1S/C12H23NO/c1-7-8-10(12(4,5)6)11(14)13-9(2)3/h7,9-10H,1,8H2,2-6H3,(H,13,14). The fraction of sp³-hybridized carbons (Fsp3) is 0.750. The minimum Gasteiger partial charge on any atom is -0.354 e. The topological polar surface area (TPSA) is 29.1 Å². The van der Waals surface area contributed by atoms with Gasteiger partial charge in [0.1, 0.15) is 0 Å². The Labute approximate surface area is 87.8 Å². The van der Waals surface area contributed by atoms with Crippen LogP contribution in [-0.2, 0) is 4.79 Å². The van der Waals surface area contributed by atoms with Crippen molar-refractivity contribution in [1.29, 1.82) is 0 Å². The SMILES string of the molecule is C=CCC(C(=O)NC(C)C)C(C)(C)C. The highest BCUT2D eigenvalue weighted by molar-refractivity contribution is 5.79. The summed E-state index contributed by atoms with van der Waals surface area (Å²) in [6.45, 7) is 13.9. The van der Waals surface area contributed by atoms with Crippen molar-refractivity contribution in [2.75, 3.05) is 0 Å². The maximum Gasteiger partial charge on any atom is 0.224 e. The van der Waals surface area contributed by atoms with Crippen LogP contribution in [0.15, 0.2) is 12.7 Å². The van der Waals surface area contributed by atoms with Gasteiger partial charge in [-0.2, -0.15) is 0 Å². The molecule has 0 saturated carbocycles. The molecule has 0 spiro atoms. The van der Waals surface area contributed by atoms with Crippen LogP contribution in [0.5, 0.6) is 0 Å². The van der Waals surface area contributed by atoms with Crippen molar-refractivity contribution in [3.63, 3.8) is 0 Å². The van der Waals surface area contributed by atoms with Gasteiger partial charge in [0, 0.05) is 12.0 Å². The number of amides is 1. The fourth-order valence-corrected chi connectivity index (χ4v) is 1.41. The van der Waals surface area contributed by atoms with Gasteiger partial charge in [0.15, 0.2) is 0 Å². The highest BCUT2D eigenvalue weighted by atomic mass is 16.1. The summed E-state index contributed by atoms with van der Waals surface area (Å²) in [7, 11) is 0. The lowest BCUT2D eigenvalue weighted by molar-refractivity contribution is -0.128. The molecule has 1 unspecified atom stereocenters. The molecule has 2 nitrogen and oxygen atoms in total. The Kier molecular flexibility index (Phi) is 4.89. The van der Waals surface area contributed by atoms with Gasteiger partial charge < -0.3 is 5.32 Å². The van der Waals surface area contributed by atoms with Crippen LogP contribution in [-0.4, -0.2) is 11.9 Å². The van der Waals surface area contributed by atoms with Crippen molar-refractivity contribution < 1.29 is 4.79 Å². The Balaban J connectivity index is 4.49. The predicted molar refractivity (Wildman–Crippen MR) is 61.0 cm³/mol. The van der Waals surface area contributed by atoms with Crippen molar-refractivity contribution in [2.45, 2.75) is 47.1 Å². The van der Waals surface area contributed by atoms with Gasteiger partial charge in [0.05, 0.1) is 0 Å². The number of carbonyl (C=O) groups excluding carboxylic acids is 1. The first-order chi connectivity index (χ1) is 6.29. The quantitative estimate of drug-likeness (QED) is 0.690. The van der Waals surface area contributed by atoms with Gasteiger partial charge in [-0.3, -0.25) is 4.79 Å². The summed E-state index contributed by atoms with van der Waals surface area (Å²) in [6.07, 6.45) is 2.55. The minimum absolute atomic E-state index is 0.00678. The third kappa shape index (κ3) is 4.45. The van der Waals surface area contributed by atoms with Crippen LogP contribution in [0.3, 0.4) is 0 Å². The normalized spacial score (nSPS) is 13.9. The number of hydrogen-bond donors (Lipinski definition) is 1. The second kappa shape index (κ2) is 5.18. The molecule has 0 aromatic carbocycles. The van der Waals surface area contributed by atoms with Crippen LogP contribution in [0, 0.1) is 11.3 Å². The van der Waals surface area contributed by atoms with Crippen LogP contribution in [0.4, 0.5) is 0 Å². The Morgan fingerprint density at radius 3 is 2.21 bits per heavy atom. The van der Waals surface area contributed by atoms with E-state index in [9.17, 15) is 4.79 Å². The first-order valence-corrected chi connectivity index (χ1v) is 5.20. The molecule has 14 heavy (non-hydrogen) atoms. The zero-order valence-corrected chi connectivity index (χ0v) is 10.1. The average molecular weight is 197 g/mol. The third-order valence-electron chi connectivity index (χ3n) is 2.20. The van der Waals surface area contributed by atoms with Crippen LogP contribution in [0.25, 0.3) is 0 Å². The molecule has 0 aromatic heterocycles. The van der Waals surface area contributed by atoms with Gasteiger partial charge in [-0.15, -0.1) is 6.58 Å². The van der Waals surface area contributed by atoms with Crippen LogP contribution in [0.2, 0.25) is 0 Å². The van der Waals surface area contributed by atoms with Crippen molar-refractivity contribution in [2.24, 2.45) is 11.3 Å². The van der Waals surface area contributed by atoms with Crippen LogP contribution >= 0.6 is 0 Å². The second-order valence-electron chi connectivity index (χ2n) is 5.11. The zero-order valence-electron chi connectivity index (χ0n) is 10.1. The summed E-state index contributed by atoms with van der Waals surface area (Å²) in [4.78, 5) is 11.8. The molecule has 0 aliphatic heterocycles. The number of allylic oxidation sites excluding steroid dienone is 1. The number of hydrogen-bond acceptors (Lipinski definition) is 1. The van der Waals surface area contributed by atoms with Gasteiger partial charge >= 0.3 is 0 Å². The molecule has 0 aliphatic rings. The maximum absolute atomic E-state index is 11.8. The largest absolute Gasteiger partial charge is 0.354 e. The summed E-state index contributed by atoms with van der Waals surface area (Å²) in [6, 6.07) is 0.206. The summed E-state index contributed by atoms with van der Waals surface area (Å²) >= 11 is 0. The lowest BCUT2D eigenvalue weighted by Crippen LogP contribution is -2.40. The lowest BCUT2D eigenvalue weighted by Gasteiger charge is -2.29. The van der Waals surface area contributed by atoms with Gasteiger partial charge in [0.2, 0.25) is 5.91 Å². The molecule has 0 saturated heterocycles. The van der Waals surface area contributed by atoms with Crippen LogP contribution < -0.4 is 5.32 Å². The van der Waals surface area contributed by atoms with E-state index in [0.29, 0.717) is 0 Å². The third-order valence-corrected chi connectivity index (χ3v) is 2.20. The van der Waals surface area contributed by atoms with E-state index in [0.717, 1.165) is 6.42 Å². The Bertz CT molecular complexity index is 201. The molecule has 0 aromatic rings. The lowest BCUT2D eigenvalue weighted by atomic mass is 9.78. The molecule has 0 aliphatic carbocycles. The monoisotopic (exact) mass is 197 g/mol. The van der Waals surface area contributed by atoms with E-state index in [1.165, 1.54) is 0 Å². The molecule has 0 fully saturated rings. The molecule has 1 atom stereocenters. The summed E-state index contributed by atoms with van der Waals surface area (Å²) < 4.78 is 0. The first kappa shape index (κ1) is 13.2. The fourth-order valence-electron chi connectivity index (χ4n) is 1.41. The van der Waals surface area contributed by atoms with Crippen molar-refractivity contribution in [3.8, 4) is 0 Å². The summed E-state index contributed by atoms with van der Waals surface area (Å²) in [5.74, 6) is 0.148. The first-order valence-electron chi connectivity index (χ1n) is 5.20. The number of nitrogens with one attached hydrogen (secondary N) is 1. The molecule has 0 radical (unpaired) electrons. The highest BCUT2D eigenvalue weighted by Crippen LogP contribution is 2.29.